The summed E-state index contributed by atoms with van der Waals surface area (Å²) in [6, 6.07) is -0.513. The van der Waals surface area contributed by atoms with Crippen molar-refractivity contribution in [3.8, 4) is 0 Å². The van der Waals surface area contributed by atoms with Gasteiger partial charge in [0, 0.05) is 38.8 Å². The van der Waals surface area contributed by atoms with Gasteiger partial charge in [0.1, 0.15) is 0 Å². The fraction of sp³-hybridized carbons (Fsp3) is 0.857. The van der Waals surface area contributed by atoms with Crippen LogP contribution in [0.25, 0.3) is 0 Å². The number of rotatable bonds is 3. The fourth-order valence-corrected chi connectivity index (χ4v) is 2.87. The topological polar surface area (TPSA) is 58.6 Å². The van der Waals surface area contributed by atoms with Gasteiger partial charge < -0.3 is 15.0 Å². The van der Waals surface area contributed by atoms with E-state index in [1.165, 1.54) is 0 Å². The minimum Gasteiger partial charge on any atom is -0.381 e. The number of amides is 2. The van der Waals surface area contributed by atoms with Crippen LogP contribution in [0.2, 0.25) is 0 Å². The summed E-state index contributed by atoms with van der Waals surface area (Å²) in [5, 5.41) is 1.98. The molecule has 2 aliphatic heterocycles. The second-order valence-electron chi connectivity index (χ2n) is 5.89. The Bertz CT molecular complexity index is 401. The monoisotopic (exact) mass is 322 g/mol. The molecule has 2 aliphatic rings. The number of carbonyl (C=O) groups excluding carboxylic acids is 2. The lowest BCUT2D eigenvalue weighted by Crippen LogP contribution is -2.49. The summed E-state index contributed by atoms with van der Waals surface area (Å²) in [4.78, 5) is 24.7. The zero-order chi connectivity index (χ0) is 16.2. The lowest BCUT2D eigenvalue weighted by molar-refractivity contribution is -0.174. The number of ether oxygens (including phenoxy) is 1. The Morgan fingerprint density at radius 2 is 1.68 bits per heavy atom. The van der Waals surface area contributed by atoms with Crippen molar-refractivity contribution in [3.63, 3.8) is 0 Å². The van der Waals surface area contributed by atoms with E-state index in [0.717, 1.165) is 12.8 Å². The summed E-state index contributed by atoms with van der Waals surface area (Å²) in [7, 11) is 0. The summed E-state index contributed by atoms with van der Waals surface area (Å²) in [6.07, 6.45) is -1.89. The predicted molar refractivity (Wildman–Crippen MR) is 72.0 cm³/mol. The number of hydrogen-bond donors (Lipinski definition) is 1. The largest absolute Gasteiger partial charge is 0.471 e. The van der Waals surface area contributed by atoms with Gasteiger partial charge in [-0.15, -0.1) is 0 Å². The van der Waals surface area contributed by atoms with Crippen LogP contribution in [0, 0.1) is 5.92 Å². The molecule has 2 rings (SSSR count). The molecular weight excluding hydrogens is 301 g/mol. The first kappa shape index (κ1) is 17.1. The third kappa shape index (κ3) is 4.86. The van der Waals surface area contributed by atoms with E-state index in [-0.39, 0.29) is 5.91 Å². The first-order chi connectivity index (χ1) is 10.4. The molecule has 126 valence electrons. The number of hydrogen-bond acceptors (Lipinski definition) is 3. The van der Waals surface area contributed by atoms with Crippen LogP contribution in [0.15, 0.2) is 0 Å². The molecule has 2 fully saturated rings. The van der Waals surface area contributed by atoms with Crippen LogP contribution in [0.3, 0.4) is 0 Å². The molecule has 2 heterocycles. The molecule has 2 saturated heterocycles. The summed E-state index contributed by atoms with van der Waals surface area (Å²) in [6.45, 7) is 2.16. The van der Waals surface area contributed by atoms with E-state index in [1.807, 2.05) is 5.32 Å². The van der Waals surface area contributed by atoms with Gasteiger partial charge in [-0.25, -0.2) is 0 Å². The number of likely N-dealkylation sites (tertiary alicyclic amines) is 1. The van der Waals surface area contributed by atoms with Crippen molar-refractivity contribution in [3.05, 3.63) is 0 Å². The van der Waals surface area contributed by atoms with Gasteiger partial charge in [-0.05, 0) is 31.6 Å². The average Bonchev–Trinajstić information content (AvgIpc) is 2.48. The molecule has 22 heavy (non-hydrogen) atoms. The van der Waals surface area contributed by atoms with Crippen LogP contribution < -0.4 is 5.32 Å². The van der Waals surface area contributed by atoms with E-state index in [2.05, 4.69) is 0 Å². The normalized spacial score (nSPS) is 21.7. The highest BCUT2D eigenvalue weighted by molar-refractivity contribution is 5.82. The maximum Gasteiger partial charge on any atom is 0.471 e. The first-order valence-corrected chi connectivity index (χ1v) is 7.59. The summed E-state index contributed by atoms with van der Waals surface area (Å²) < 4.78 is 41.8. The van der Waals surface area contributed by atoms with Crippen LogP contribution in [0.5, 0.6) is 0 Å². The van der Waals surface area contributed by atoms with E-state index in [0.29, 0.717) is 51.5 Å². The highest BCUT2D eigenvalue weighted by Gasteiger charge is 2.40. The van der Waals surface area contributed by atoms with Crippen molar-refractivity contribution >= 4 is 11.8 Å². The number of carbonyl (C=O) groups is 2. The zero-order valence-corrected chi connectivity index (χ0v) is 12.3. The van der Waals surface area contributed by atoms with Crippen molar-refractivity contribution in [2.45, 2.75) is 44.3 Å². The van der Waals surface area contributed by atoms with Crippen LogP contribution in [-0.2, 0) is 14.3 Å². The smallest absolute Gasteiger partial charge is 0.381 e. The molecule has 0 aliphatic carbocycles. The Morgan fingerprint density at radius 1 is 1.09 bits per heavy atom. The molecule has 0 spiro atoms. The first-order valence-electron chi connectivity index (χ1n) is 7.59. The van der Waals surface area contributed by atoms with Gasteiger partial charge >= 0.3 is 12.1 Å². The molecule has 0 aromatic carbocycles. The van der Waals surface area contributed by atoms with Crippen molar-refractivity contribution < 1.29 is 27.5 Å². The van der Waals surface area contributed by atoms with E-state index < -0.39 is 18.1 Å². The number of halogens is 3. The van der Waals surface area contributed by atoms with Gasteiger partial charge in [0.2, 0.25) is 5.91 Å². The van der Waals surface area contributed by atoms with Gasteiger partial charge in [-0.2, -0.15) is 13.2 Å². The maximum absolute atomic E-state index is 12.2. The van der Waals surface area contributed by atoms with Crippen LogP contribution in [0.4, 0.5) is 13.2 Å². The van der Waals surface area contributed by atoms with E-state index in [9.17, 15) is 22.8 Å². The molecule has 0 unspecified atom stereocenters. The summed E-state index contributed by atoms with van der Waals surface area (Å²) >= 11 is 0. The Morgan fingerprint density at radius 3 is 2.23 bits per heavy atom. The third-order valence-corrected chi connectivity index (χ3v) is 4.24. The summed E-state index contributed by atoms with van der Waals surface area (Å²) in [5.74, 6) is -1.52. The lowest BCUT2D eigenvalue weighted by atomic mass is 9.95. The highest BCUT2D eigenvalue weighted by Crippen LogP contribution is 2.21. The molecule has 8 heteroatoms. The Balaban J connectivity index is 1.72. The van der Waals surface area contributed by atoms with Crippen LogP contribution >= 0.6 is 0 Å². The highest BCUT2D eigenvalue weighted by atomic mass is 19.4. The van der Waals surface area contributed by atoms with Gasteiger partial charge in [-0.3, -0.25) is 9.59 Å². The molecule has 0 saturated carbocycles. The van der Waals surface area contributed by atoms with Gasteiger partial charge in [0.15, 0.2) is 0 Å². The molecule has 0 aromatic rings. The number of nitrogens with one attached hydrogen (secondary N) is 1. The lowest BCUT2D eigenvalue weighted by Gasteiger charge is -2.33. The predicted octanol–water partition coefficient (Wildman–Crippen LogP) is 1.47. The van der Waals surface area contributed by atoms with Gasteiger partial charge in [0.05, 0.1) is 0 Å². The van der Waals surface area contributed by atoms with E-state index in [1.54, 1.807) is 4.90 Å². The molecule has 0 atom stereocenters. The SMILES string of the molecule is O=C(CC1CCOCC1)N1CCC(NC(=O)C(F)(F)F)CC1. The quantitative estimate of drug-likeness (QED) is 0.856. The molecule has 0 bridgehead atoms. The Hall–Kier alpha value is -1.31. The van der Waals surface area contributed by atoms with E-state index >= 15 is 0 Å². The fourth-order valence-electron chi connectivity index (χ4n) is 2.87. The molecule has 5 nitrogen and oxygen atoms in total. The molecule has 0 radical (unpaired) electrons. The van der Waals surface area contributed by atoms with Crippen LogP contribution in [-0.4, -0.2) is 55.2 Å². The average molecular weight is 322 g/mol. The van der Waals surface area contributed by atoms with Crippen LogP contribution in [0.1, 0.15) is 32.1 Å². The third-order valence-electron chi connectivity index (χ3n) is 4.24. The van der Waals surface area contributed by atoms with Crippen molar-refractivity contribution in [2.24, 2.45) is 5.92 Å². The van der Waals surface area contributed by atoms with Crippen molar-refractivity contribution in [1.82, 2.24) is 10.2 Å². The molecular formula is C14H21F3N2O3. The minimum atomic E-state index is -4.85. The second-order valence-corrected chi connectivity index (χ2v) is 5.89. The number of piperidine rings is 1. The van der Waals surface area contributed by atoms with Gasteiger partial charge in [0.25, 0.3) is 0 Å². The van der Waals surface area contributed by atoms with Gasteiger partial charge in [-0.1, -0.05) is 0 Å². The number of nitrogens with zero attached hydrogens (tertiary/aromatic N) is 1. The van der Waals surface area contributed by atoms with Crippen molar-refractivity contribution in [2.75, 3.05) is 26.3 Å². The molecule has 0 aromatic heterocycles. The minimum absolute atomic E-state index is 0.0486. The summed E-state index contributed by atoms with van der Waals surface area (Å²) in [5.41, 5.74) is 0. The maximum atomic E-state index is 12.2. The Labute approximate surface area is 127 Å². The second kappa shape index (κ2) is 7.30. The zero-order valence-electron chi connectivity index (χ0n) is 12.3. The van der Waals surface area contributed by atoms with Crippen molar-refractivity contribution in [1.29, 1.82) is 0 Å². The number of alkyl halides is 3. The standard InChI is InChI=1S/C14H21F3N2O3/c15-14(16,17)13(21)18-11-1-5-19(6-2-11)12(20)9-10-3-7-22-8-4-10/h10-11H,1-9H2,(H,18,21). The molecule has 2 amide bonds. The van der Waals surface area contributed by atoms with E-state index in [4.69, 9.17) is 4.74 Å². The molecule has 1 N–H and O–H groups in total. The Kier molecular flexibility index (Phi) is 5.66.